The smallest absolute Gasteiger partial charge is 0.240 e. The van der Waals surface area contributed by atoms with Crippen molar-refractivity contribution in [3.8, 4) is 11.5 Å². The van der Waals surface area contributed by atoms with Crippen LogP contribution >= 0.6 is 23.2 Å². The Morgan fingerprint density at radius 2 is 1.89 bits per heavy atom. The Hall–Kier alpha value is -2.77. The summed E-state index contributed by atoms with van der Waals surface area (Å²) in [4.78, 5) is 23.7. The third-order valence-corrected chi connectivity index (χ3v) is 4.02. The van der Waals surface area contributed by atoms with E-state index in [0.29, 0.717) is 33.7 Å². The van der Waals surface area contributed by atoms with E-state index in [1.165, 1.54) is 18.3 Å². The van der Waals surface area contributed by atoms with Gasteiger partial charge in [0.25, 0.3) is 0 Å². The molecule has 3 N–H and O–H groups in total. The number of nitrogens with one attached hydrogen (secondary N) is 2. The number of hydrazone groups is 1. The van der Waals surface area contributed by atoms with Gasteiger partial charge in [-0.25, -0.2) is 5.43 Å². The van der Waals surface area contributed by atoms with Gasteiger partial charge in [0.2, 0.25) is 11.8 Å². The molecule has 0 aliphatic carbocycles. The molecule has 0 unspecified atom stereocenters. The van der Waals surface area contributed by atoms with Crippen molar-refractivity contribution in [1.82, 2.24) is 5.43 Å². The van der Waals surface area contributed by atoms with Gasteiger partial charge in [-0.2, -0.15) is 5.10 Å². The van der Waals surface area contributed by atoms with Crippen LogP contribution in [-0.4, -0.2) is 29.7 Å². The summed E-state index contributed by atoms with van der Waals surface area (Å²) >= 11 is 11.8. The number of hydrogen-bond acceptors (Lipinski definition) is 5. The Kier molecular flexibility index (Phi) is 8.10. The average Bonchev–Trinajstić information content (AvgIpc) is 2.65. The molecule has 0 aliphatic heterocycles. The van der Waals surface area contributed by atoms with Gasteiger partial charge in [0.1, 0.15) is 0 Å². The molecule has 9 heteroatoms. The lowest BCUT2D eigenvalue weighted by Gasteiger charge is -2.07. The molecule has 0 heterocycles. The molecule has 2 rings (SSSR count). The number of ether oxygens (including phenoxy) is 1. The minimum Gasteiger partial charge on any atom is -0.504 e. The van der Waals surface area contributed by atoms with Crippen LogP contribution in [0.15, 0.2) is 41.5 Å². The lowest BCUT2D eigenvalue weighted by molar-refractivity contribution is -0.124. The summed E-state index contributed by atoms with van der Waals surface area (Å²) in [7, 11) is 0. The first-order valence-corrected chi connectivity index (χ1v) is 9.17. The highest BCUT2D eigenvalue weighted by atomic mass is 35.5. The predicted octanol–water partition coefficient (Wildman–Crippen LogP) is 3.97. The number of hydrogen-bond donors (Lipinski definition) is 3. The van der Waals surface area contributed by atoms with Crippen LogP contribution in [0.4, 0.5) is 5.69 Å². The van der Waals surface area contributed by atoms with E-state index in [-0.39, 0.29) is 24.5 Å². The van der Waals surface area contributed by atoms with Crippen LogP contribution in [0.1, 0.15) is 25.3 Å². The summed E-state index contributed by atoms with van der Waals surface area (Å²) in [6, 6.07) is 9.39. The quantitative estimate of drug-likeness (QED) is 0.441. The molecule has 0 bridgehead atoms. The van der Waals surface area contributed by atoms with Gasteiger partial charge in [-0.15, -0.1) is 0 Å². The second-order valence-electron chi connectivity index (χ2n) is 5.63. The number of halogens is 2. The van der Waals surface area contributed by atoms with Gasteiger partial charge in [-0.05, 0) is 48.9 Å². The maximum absolute atomic E-state index is 11.9. The molecule has 148 valence electrons. The fourth-order valence-corrected chi connectivity index (χ4v) is 2.60. The van der Waals surface area contributed by atoms with Crippen LogP contribution in [-0.2, 0) is 9.59 Å². The molecule has 0 saturated heterocycles. The Labute approximate surface area is 172 Å². The van der Waals surface area contributed by atoms with Crippen molar-refractivity contribution >= 4 is 46.9 Å². The number of phenolic OH excluding ortho intramolecular Hbond substituents is 1. The summed E-state index contributed by atoms with van der Waals surface area (Å²) < 4.78 is 5.27. The Morgan fingerprint density at radius 3 is 2.61 bits per heavy atom. The minimum absolute atomic E-state index is 0.0230. The molecule has 2 aromatic carbocycles. The second-order valence-corrected chi connectivity index (χ2v) is 6.47. The van der Waals surface area contributed by atoms with E-state index in [4.69, 9.17) is 27.9 Å². The average molecular weight is 424 g/mol. The topological polar surface area (TPSA) is 100 Å². The highest BCUT2D eigenvalue weighted by Crippen LogP contribution is 2.26. The fourth-order valence-electron chi connectivity index (χ4n) is 2.15. The van der Waals surface area contributed by atoms with Crippen molar-refractivity contribution in [1.29, 1.82) is 0 Å². The summed E-state index contributed by atoms with van der Waals surface area (Å²) in [5.41, 5.74) is 3.40. The van der Waals surface area contributed by atoms with E-state index in [1.54, 1.807) is 31.2 Å². The van der Waals surface area contributed by atoms with Crippen molar-refractivity contribution in [3.05, 3.63) is 52.0 Å². The van der Waals surface area contributed by atoms with Crippen molar-refractivity contribution in [2.45, 2.75) is 19.8 Å². The molecule has 0 atom stereocenters. The highest BCUT2D eigenvalue weighted by molar-refractivity contribution is 6.36. The standard InChI is InChI=1S/C19H19Cl2N3O4/c1-2-28-17-9-12(3-6-16(17)25)11-22-24-19(27)8-7-18(26)23-15-5-4-13(20)10-14(15)21/h3-6,9-11,25H,2,7-8H2,1H3,(H,23,26)(H,24,27). The Balaban J connectivity index is 1.80. The van der Waals surface area contributed by atoms with Gasteiger partial charge in [0.15, 0.2) is 11.5 Å². The summed E-state index contributed by atoms with van der Waals surface area (Å²) in [5, 5.41) is 16.9. The molecule has 2 aromatic rings. The molecule has 2 amide bonds. The number of carbonyl (C=O) groups excluding carboxylic acids is 2. The van der Waals surface area contributed by atoms with Crippen LogP contribution in [0.3, 0.4) is 0 Å². The molecule has 28 heavy (non-hydrogen) atoms. The van der Waals surface area contributed by atoms with Crippen LogP contribution in [0.5, 0.6) is 11.5 Å². The van der Waals surface area contributed by atoms with E-state index >= 15 is 0 Å². The number of phenols is 1. The zero-order valence-corrected chi connectivity index (χ0v) is 16.5. The van der Waals surface area contributed by atoms with Gasteiger partial charge in [0, 0.05) is 17.9 Å². The highest BCUT2D eigenvalue weighted by Gasteiger charge is 2.09. The second kappa shape index (κ2) is 10.5. The molecule has 0 aliphatic rings. The van der Waals surface area contributed by atoms with Crippen molar-refractivity contribution < 1.29 is 19.4 Å². The largest absolute Gasteiger partial charge is 0.504 e. The van der Waals surface area contributed by atoms with Crippen LogP contribution < -0.4 is 15.5 Å². The molecular weight excluding hydrogens is 405 g/mol. The van der Waals surface area contributed by atoms with Crippen LogP contribution in [0.25, 0.3) is 0 Å². The number of anilines is 1. The summed E-state index contributed by atoms with van der Waals surface area (Å²) in [5.74, 6) is -0.425. The fraction of sp³-hybridized carbons (Fsp3) is 0.211. The SMILES string of the molecule is CCOc1cc(C=NNC(=O)CCC(=O)Nc2ccc(Cl)cc2Cl)ccc1O. The number of aromatic hydroxyl groups is 1. The third-order valence-electron chi connectivity index (χ3n) is 3.47. The van der Waals surface area contributed by atoms with Gasteiger partial charge in [-0.3, -0.25) is 9.59 Å². The first kappa shape index (κ1) is 21.5. The maximum Gasteiger partial charge on any atom is 0.240 e. The lowest BCUT2D eigenvalue weighted by atomic mass is 10.2. The molecule has 0 spiro atoms. The minimum atomic E-state index is -0.419. The number of rotatable bonds is 8. The molecular formula is C19H19Cl2N3O4. The van der Waals surface area contributed by atoms with Crippen molar-refractivity contribution in [2.75, 3.05) is 11.9 Å². The normalized spacial score (nSPS) is 10.7. The predicted molar refractivity (Wildman–Crippen MR) is 109 cm³/mol. The van der Waals surface area contributed by atoms with E-state index in [2.05, 4.69) is 15.8 Å². The van der Waals surface area contributed by atoms with Crippen LogP contribution in [0.2, 0.25) is 10.0 Å². The van der Waals surface area contributed by atoms with E-state index in [1.807, 2.05) is 0 Å². The van der Waals surface area contributed by atoms with E-state index < -0.39 is 5.91 Å². The summed E-state index contributed by atoms with van der Waals surface area (Å²) in [6.45, 7) is 2.21. The molecule has 0 radical (unpaired) electrons. The zero-order valence-electron chi connectivity index (χ0n) is 15.0. The van der Waals surface area contributed by atoms with Crippen molar-refractivity contribution in [3.63, 3.8) is 0 Å². The zero-order chi connectivity index (χ0) is 20.5. The van der Waals surface area contributed by atoms with Gasteiger partial charge in [0.05, 0.1) is 23.5 Å². The summed E-state index contributed by atoms with van der Waals surface area (Å²) in [6.07, 6.45) is 1.33. The van der Waals surface area contributed by atoms with Crippen LogP contribution in [0, 0.1) is 0 Å². The maximum atomic E-state index is 11.9. The first-order valence-electron chi connectivity index (χ1n) is 8.41. The van der Waals surface area contributed by atoms with Crippen molar-refractivity contribution in [2.24, 2.45) is 5.10 Å². The number of benzene rings is 2. The van der Waals surface area contributed by atoms with E-state index in [0.717, 1.165) is 0 Å². The Bertz CT molecular complexity index is 887. The van der Waals surface area contributed by atoms with E-state index in [9.17, 15) is 14.7 Å². The number of carbonyl (C=O) groups is 2. The van der Waals surface area contributed by atoms with Gasteiger partial charge < -0.3 is 15.2 Å². The monoisotopic (exact) mass is 423 g/mol. The number of amides is 2. The number of nitrogens with zero attached hydrogens (tertiary/aromatic N) is 1. The molecule has 0 aromatic heterocycles. The first-order chi connectivity index (χ1) is 13.4. The lowest BCUT2D eigenvalue weighted by Crippen LogP contribution is -2.20. The third kappa shape index (κ3) is 6.75. The molecule has 7 nitrogen and oxygen atoms in total. The molecule has 0 fully saturated rings. The van der Waals surface area contributed by atoms with Gasteiger partial charge in [-0.1, -0.05) is 23.2 Å². The molecule has 0 saturated carbocycles. The van der Waals surface area contributed by atoms with Gasteiger partial charge >= 0.3 is 0 Å². The Morgan fingerprint density at radius 1 is 1.14 bits per heavy atom.